The Kier molecular flexibility index (Phi) is 10.2. The zero-order valence-electron chi connectivity index (χ0n) is 11.8. The molecule has 0 heterocycles. The van der Waals surface area contributed by atoms with Crippen molar-refractivity contribution in [1.29, 1.82) is 0 Å². The minimum absolute atomic E-state index is 0.0564. The lowest BCUT2D eigenvalue weighted by atomic mass is 10.0. The average molecular weight is 242 g/mol. The van der Waals surface area contributed by atoms with Crippen LogP contribution >= 0.6 is 0 Å². The Morgan fingerprint density at radius 1 is 1.06 bits per heavy atom. The third-order valence-corrected chi connectivity index (χ3v) is 3.05. The molecule has 0 aliphatic carbocycles. The Bertz CT molecular complexity index is 193. The molecule has 0 rings (SSSR count). The molecule has 3 heteroatoms. The summed E-state index contributed by atoms with van der Waals surface area (Å²) in [6.07, 6.45) is 7.01. The van der Waals surface area contributed by atoms with Crippen LogP contribution in [0.1, 0.15) is 59.3 Å². The molecule has 102 valence electrons. The Balaban J connectivity index is 3.30. The highest BCUT2D eigenvalue weighted by molar-refractivity contribution is 5.78. The van der Waals surface area contributed by atoms with Gasteiger partial charge in [0.15, 0.2) is 0 Å². The van der Waals surface area contributed by atoms with Crippen LogP contribution in [0.25, 0.3) is 0 Å². The fourth-order valence-corrected chi connectivity index (χ4v) is 1.80. The molecule has 3 nitrogen and oxygen atoms in total. The molecule has 0 aromatic carbocycles. The van der Waals surface area contributed by atoms with Gasteiger partial charge < -0.3 is 11.1 Å². The molecular formula is C14H30N2O. The van der Waals surface area contributed by atoms with Gasteiger partial charge in [-0.2, -0.15) is 0 Å². The van der Waals surface area contributed by atoms with E-state index < -0.39 is 0 Å². The van der Waals surface area contributed by atoms with E-state index in [0.29, 0.717) is 6.54 Å². The van der Waals surface area contributed by atoms with E-state index in [0.717, 1.165) is 25.3 Å². The van der Waals surface area contributed by atoms with Gasteiger partial charge in [-0.05, 0) is 25.3 Å². The summed E-state index contributed by atoms with van der Waals surface area (Å²) in [5.74, 6) is 1.02. The van der Waals surface area contributed by atoms with Crippen molar-refractivity contribution < 1.29 is 4.79 Å². The first-order valence-corrected chi connectivity index (χ1v) is 7.05. The van der Waals surface area contributed by atoms with Gasteiger partial charge in [0.25, 0.3) is 0 Å². The highest BCUT2D eigenvalue weighted by Crippen LogP contribution is 2.09. The van der Waals surface area contributed by atoms with Crippen LogP contribution in [0.2, 0.25) is 0 Å². The maximum Gasteiger partial charge on any atom is 0.222 e. The molecule has 17 heavy (non-hydrogen) atoms. The summed E-state index contributed by atoms with van der Waals surface area (Å²) in [5, 5.41) is 2.97. The van der Waals surface area contributed by atoms with Crippen molar-refractivity contribution >= 4 is 5.91 Å². The molecule has 0 fully saturated rings. The van der Waals surface area contributed by atoms with Crippen LogP contribution in [0.3, 0.4) is 0 Å². The summed E-state index contributed by atoms with van der Waals surface area (Å²) in [6, 6.07) is 0. The molecule has 0 radical (unpaired) electrons. The molecule has 1 atom stereocenters. The van der Waals surface area contributed by atoms with Crippen LogP contribution in [0, 0.1) is 11.8 Å². The smallest absolute Gasteiger partial charge is 0.222 e. The number of nitrogens with two attached hydrogens (primary N) is 1. The summed E-state index contributed by atoms with van der Waals surface area (Å²) < 4.78 is 0. The monoisotopic (exact) mass is 242 g/mol. The summed E-state index contributed by atoms with van der Waals surface area (Å²) >= 11 is 0. The predicted octanol–water partition coefficient (Wildman–Crippen LogP) is 2.69. The Morgan fingerprint density at radius 3 is 2.29 bits per heavy atom. The van der Waals surface area contributed by atoms with E-state index in [2.05, 4.69) is 19.2 Å². The van der Waals surface area contributed by atoms with E-state index in [1.807, 2.05) is 6.92 Å². The van der Waals surface area contributed by atoms with Crippen LogP contribution in [0.4, 0.5) is 0 Å². The van der Waals surface area contributed by atoms with E-state index in [9.17, 15) is 4.79 Å². The second kappa shape index (κ2) is 10.6. The lowest BCUT2D eigenvalue weighted by Crippen LogP contribution is -2.31. The maximum atomic E-state index is 11.5. The molecular weight excluding hydrogens is 212 g/mol. The van der Waals surface area contributed by atoms with Crippen molar-refractivity contribution in [3.05, 3.63) is 0 Å². The number of rotatable bonds is 10. The first-order valence-electron chi connectivity index (χ1n) is 7.05. The van der Waals surface area contributed by atoms with Crippen LogP contribution in [0.5, 0.6) is 0 Å². The second-order valence-corrected chi connectivity index (χ2v) is 5.37. The molecule has 3 N–H and O–H groups in total. The lowest BCUT2D eigenvalue weighted by Gasteiger charge is -2.10. The van der Waals surface area contributed by atoms with Gasteiger partial charge in [-0.15, -0.1) is 0 Å². The number of carbonyl (C=O) groups is 1. The maximum absolute atomic E-state index is 11.5. The lowest BCUT2D eigenvalue weighted by molar-refractivity contribution is -0.124. The standard InChI is InChI=1S/C14H30N2O/c1-12(2)8-6-4-5-7-11-16-14(17)13(3)9-10-15/h12-13H,4-11,15H2,1-3H3,(H,16,17). The van der Waals surface area contributed by atoms with Gasteiger partial charge in [-0.1, -0.05) is 46.5 Å². The van der Waals surface area contributed by atoms with E-state index in [1.54, 1.807) is 0 Å². The number of nitrogens with one attached hydrogen (secondary N) is 1. The molecule has 0 aromatic rings. The predicted molar refractivity (Wildman–Crippen MR) is 73.8 cm³/mol. The third-order valence-electron chi connectivity index (χ3n) is 3.05. The van der Waals surface area contributed by atoms with Crippen LogP contribution in [0.15, 0.2) is 0 Å². The van der Waals surface area contributed by atoms with E-state index in [1.165, 1.54) is 25.7 Å². The van der Waals surface area contributed by atoms with Crippen molar-refractivity contribution in [1.82, 2.24) is 5.32 Å². The summed E-state index contributed by atoms with van der Waals surface area (Å²) in [4.78, 5) is 11.5. The van der Waals surface area contributed by atoms with Crippen LogP contribution in [-0.2, 0) is 4.79 Å². The van der Waals surface area contributed by atoms with Gasteiger partial charge in [0.1, 0.15) is 0 Å². The zero-order chi connectivity index (χ0) is 13.1. The Morgan fingerprint density at radius 2 is 1.71 bits per heavy atom. The molecule has 1 unspecified atom stereocenters. The number of amides is 1. The minimum Gasteiger partial charge on any atom is -0.356 e. The van der Waals surface area contributed by atoms with Crippen molar-refractivity contribution in [2.75, 3.05) is 13.1 Å². The van der Waals surface area contributed by atoms with Gasteiger partial charge >= 0.3 is 0 Å². The SMILES string of the molecule is CC(C)CCCCCCNC(=O)C(C)CCN. The Labute approximate surface area is 107 Å². The zero-order valence-corrected chi connectivity index (χ0v) is 11.8. The number of hydrogen-bond donors (Lipinski definition) is 2. The minimum atomic E-state index is 0.0564. The summed E-state index contributed by atoms with van der Waals surface area (Å²) in [7, 11) is 0. The van der Waals surface area contributed by atoms with Crippen molar-refractivity contribution in [3.8, 4) is 0 Å². The average Bonchev–Trinajstić information content (AvgIpc) is 2.27. The first kappa shape index (κ1) is 16.4. The highest BCUT2D eigenvalue weighted by Gasteiger charge is 2.10. The van der Waals surface area contributed by atoms with E-state index in [-0.39, 0.29) is 11.8 Å². The number of hydrogen-bond acceptors (Lipinski definition) is 2. The quantitative estimate of drug-likeness (QED) is 0.579. The van der Waals surface area contributed by atoms with Crippen molar-refractivity contribution in [3.63, 3.8) is 0 Å². The molecule has 0 aliphatic heterocycles. The normalized spacial score (nSPS) is 12.8. The van der Waals surface area contributed by atoms with Gasteiger partial charge in [0.05, 0.1) is 0 Å². The van der Waals surface area contributed by atoms with Gasteiger partial charge in [-0.3, -0.25) is 4.79 Å². The Hall–Kier alpha value is -0.570. The van der Waals surface area contributed by atoms with E-state index in [4.69, 9.17) is 5.73 Å². The van der Waals surface area contributed by atoms with Gasteiger partial charge in [0, 0.05) is 12.5 Å². The number of unbranched alkanes of at least 4 members (excludes halogenated alkanes) is 3. The molecule has 0 saturated carbocycles. The van der Waals surface area contributed by atoms with Crippen LogP contribution < -0.4 is 11.1 Å². The highest BCUT2D eigenvalue weighted by atomic mass is 16.1. The van der Waals surface area contributed by atoms with E-state index >= 15 is 0 Å². The largest absolute Gasteiger partial charge is 0.356 e. The first-order chi connectivity index (χ1) is 8.07. The topological polar surface area (TPSA) is 55.1 Å². The molecule has 0 spiro atoms. The fraction of sp³-hybridized carbons (Fsp3) is 0.929. The van der Waals surface area contributed by atoms with Crippen LogP contribution in [-0.4, -0.2) is 19.0 Å². The third kappa shape index (κ3) is 10.3. The molecule has 0 saturated heterocycles. The van der Waals surface area contributed by atoms with Crippen molar-refractivity contribution in [2.24, 2.45) is 17.6 Å². The van der Waals surface area contributed by atoms with Crippen molar-refractivity contribution in [2.45, 2.75) is 59.3 Å². The second-order valence-electron chi connectivity index (χ2n) is 5.37. The van der Waals surface area contributed by atoms with Gasteiger partial charge in [-0.25, -0.2) is 0 Å². The molecule has 0 bridgehead atoms. The summed E-state index contributed by atoms with van der Waals surface area (Å²) in [5.41, 5.74) is 5.42. The number of carbonyl (C=O) groups excluding carboxylic acids is 1. The molecule has 1 amide bonds. The fourth-order valence-electron chi connectivity index (χ4n) is 1.80. The molecule has 0 aromatic heterocycles. The molecule has 0 aliphatic rings. The summed E-state index contributed by atoms with van der Waals surface area (Å²) in [6.45, 7) is 7.86. The van der Waals surface area contributed by atoms with Gasteiger partial charge in [0.2, 0.25) is 5.91 Å².